The number of aromatic nitrogens is 1. The molecule has 1 heterocycles. The maximum absolute atomic E-state index is 12.6. The van der Waals surface area contributed by atoms with Gasteiger partial charge < -0.3 is 14.2 Å². The van der Waals surface area contributed by atoms with Gasteiger partial charge in [0.2, 0.25) is 0 Å². The lowest BCUT2D eigenvalue weighted by Crippen LogP contribution is -2.38. The van der Waals surface area contributed by atoms with Crippen LogP contribution in [0.4, 0.5) is 4.79 Å². The Bertz CT molecular complexity index is 860. The first-order valence-electron chi connectivity index (χ1n) is 8.83. The molecule has 0 aliphatic heterocycles. The van der Waals surface area contributed by atoms with Crippen molar-refractivity contribution in [2.24, 2.45) is 7.05 Å². The Hall–Kier alpha value is -2.67. The van der Waals surface area contributed by atoms with Crippen LogP contribution in [0.1, 0.15) is 39.8 Å². The number of nitrogens with zero attached hydrogens (tertiary/aromatic N) is 2. The first-order chi connectivity index (χ1) is 12.2. The number of ether oxygens (including phenoxy) is 1. The minimum Gasteiger partial charge on any atom is -0.444 e. The summed E-state index contributed by atoms with van der Waals surface area (Å²) < 4.78 is 7.66. The SMILES string of the molecule is C=C(CN(CCC#CC)C(=O)OC(C)(C)C)c1cc2ccccc2n1C. The van der Waals surface area contributed by atoms with Gasteiger partial charge >= 0.3 is 6.09 Å². The number of carbonyl (C=O) groups is 1. The second kappa shape index (κ2) is 8.14. The molecule has 4 nitrogen and oxygen atoms in total. The third kappa shape index (κ3) is 4.92. The second-order valence-electron chi connectivity index (χ2n) is 7.33. The molecule has 0 saturated carbocycles. The average molecular weight is 352 g/mol. The van der Waals surface area contributed by atoms with Gasteiger partial charge in [0.25, 0.3) is 0 Å². The molecule has 2 aromatic rings. The van der Waals surface area contributed by atoms with Crippen molar-refractivity contribution in [2.75, 3.05) is 13.1 Å². The van der Waals surface area contributed by atoms with Crippen LogP contribution in [0.3, 0.4) is 0 Å². The summed E-state index contributed by atoms with van der Waals surface area (Å²) in [7, 11) is 2.02. The van der Waals surface area contributed by atoms with E-state index in [0.717, 1.165) is 22.2 Å². The van der Waals surface area contributed by atoms with Crippen LogP contribution in [-0.4, -0.2) is 34.3 Å². The van der Waals surface area contributed by atoms with Gasteiger partial charge in [0.05, 0.1) is 6.54 Å². The lowest BCUT2D eigenvalue weighted by atomic mass is 10.2. The molecule has 1 aromatic heterocycles. The zero-order valence-corrected chi connectivity index (χ0v) is 16.4. The van der Waals surface area contributed by atoms with Crippen LogP contribution >= 0.6 is 0 Å². The molecule has 0 radical (unpaired) electrons. The van der Waals surface area contributed by atoms with Gasteiger partial charge in [0, 0.05) is 36.6 Å². The summed E-state index contributed by atoms with van der Waals surface area (Å²) in [6, 6.07) is 10.3. The maximum atomic E-state index is 12.6. The molecule has 138 valence electrons. The molecule has 0 fully saturated rings. The molecule has 1 amide bonds. The predicted molar refractivity (Wildman–Crippen MR) is 108 cm³/mol. The molecule has 0 N–H and O–H groups in total. The van der Waals surface area contributed by atoms with E-state index in [9.17, 15) is 4.79 Å². The summed E-state index contributed by atoms with van der Waals surface area (Å²) in [5, 5.41) is 1.16. The van der Waals surface area contributed by atoms with Gasteiger partial charge in [-0.1, -0.05) is 24.8 Å². The van der Waals surface area contributed by atoms with E-state index in [-0.39, 0.29) is 6.09 Å². The van der Waals surface area contributed by atoms with Crippen molar-refractivity contribution in [1.82, 2.24) is 9.47 Å². The van der Waals surface area contributed by atoms with E-state index in [4.69, 9.17) is 4.74 Å². The molecule has 0 spiro atoms. The monoisotopic (exact) mass is 352 g/mol. The van der Waals surface area contributed by atoms with Crippen LogP contribution < -0.4 is 0 Å². The van der Waals surface area contributed by atoms with Gasteiger partial charge in [0.1, 0.15) is 5.60 Å². The Morgan fingerprint density at radius 3 is 2.62 bits per heavy atom. The number of aryl methyl sites for hydroxylation is 1. The Morgan fingerprint density at radius 1 is 1.31 bits per heavy atom. The van der Waals surface area contributed by atoms with E-state index in [1.165, 1.54) is 0 Å². The highest BCUT2D eigenvalue weighted by Gasteiger charge is 2.23. The van der Waals surface area contributed by atoms with E-state index in [1.807, 2.05) is 40.0 Å². The van der Waals surface area contributed by atoms with Crippen molar-refractivity contribution in [1.29, 1.82) is 0 Å². The quantitative estimate of drug-likeness (QED) is 0.722. The molecule has 4 heteroatoms. The average Bonchev–Trinajstić information content (AvgIpc) is 2.90. The molecule has 0 atom stereocenters. The smallest absolute Gasteiger partial charge is 0.410 e. The van der Waals surface area contributed by atoms with E-state index in [2.05, 4.69) is 41.2 Å². The molecular formula is C22H28N2O2. The van der Waals surface area contributed by atoms with Crippen LogP contribution in [0.2, 0.25) is 0 Å². The van der Waals surface area contributed by atoms with Crippen molar-refractivity contribution in [3.05, 3.63) is 42.6 Å². The first kappa shape index (κ1) is 19.7. The van der Waals surface area contributed by atoms with Crippen LogP contribution in [0, 0.1) is 11.8 Å². The second-order valence-corrected chi connectivity index (χ2v) is 7.33. The van der Waals surface area contributed by atoms with Crippen molar-refractivity contribution in [3.8, 4) is 11.8 Å². The fourth-order valence-electron chi connectivity index (χ4n) is 2.82. The number of hydrogen-bond donors (Lipinski definition) is 0. The molecule has 0 unspecified atom stereocenters. The van der Waals surface area contributed by atoms with Crippen molar-refractivity contribution < 1.29 is 9.53 Å². The van der Waals surface area contributed by atoms with Gasteiger partial charge in [0.15, 0.2) is 0 Å². The largest absolute Gasteiger partial charge is 0.444 e. The molecule has 1 aromatic carbocycles. The fourth-order valence-corrected chi connectivity index (χ4v) is 2.82. The maximum Gasteiger partial charge on any atom is 0.410 e. The van der Waals surface area contributed by atoms with E-state index >= 15 is 0 Å². The third-order valence-corrected chi connectivity index (χ3v) is 4.03. The molecule has 26 heavy (non-hydrogen) atoms. The zero-order valence-electron chi connectivity index (χ0n) is 16.4. The highest BCUT2D eigenvalue weighted by Crippen LogP contribution is 2.24. The summed E-state index contributed by atoms with van der Waals surface area (Å²) in [5.41, 5.74) is 2.50. The van der Waals surface area contributed by atoms with Gasteiger partial charge in [-0.05, 0) is 45.4 Å². The Morgan fingerprint density at radius 2 is 2.00 bits per heavy atom. The minimum absolute atomic E-state index is 0.338. The molecule has 0 saturated heterocycles. The van der Waals surface area contributed by atoms with E-state index in [0.29, 0.717) is 19.5 Å². The number of carbonyl (C=O) groups excluding carboxylic acids is 1. The first-order valence-corrected chi connectivity index (χ1v) is 8.83. The lowest BCUT2D eigenvalue weighted by Gasteiger charge is -2.27. The van der Waals surface area contributed by atoms with E-state index in [1.54, 1.807) is 11.8 Å². The summed E-state index contributed by atoms with van der Waals surface area (Å²) >= 11 is 0. The summed E-state index contributed by atoms with van der Waals surface area (Å²) in [4.78, 5) is 14.3. The van der Waals surface area contributed by atoms with Crippen LogP contribution in [0.25, 0.3) is 16.5 Å². The van der Waals surface area contributed by atoms with Crippen molar-refractivity contribution >= 4 is 22.6 Å². The van der Waals surface area contributed by atoms with Crippen LogP contribution in [-0.2, 0) is 11.8 Å². The summed E-state index contributed by atoms with van der Waals surface area (Å²) in [5.74, 6) is 5.87. The standard InChI is InChI=1S/C22H28N2O2/c1-7-8-11-14-24(21(25)26-22(3,4)5)16-17(2)20-15-18-12-9-10-13-19(18)23(20)6/h9-10,12-13,15H,2,11,14,16H2,1,3-6H3. The molecule has 0 bridgehead atoms. The van der Waals surface area contributed by atoms with Gasteiger partial charge in [-0.2, -0.15) is 0 Å². The van der Waals surface area contributed by atoms with Gasteiger partial charge in [-0.3, -0.25) is 0 Å². The molecule has 0 aliphatic carbocycles. The van der Waals surface area contributed by atoms with Crippen molar-refractivity contribution in [2.45, 2.75) is 39.7 Å². The predicted octanol–water partition coefficient (Wildman–Crippen LogP) is 4.84. The zero-order chi connectivity index (χ0) is 19.3. The number of rotatable bonds is 5. The van der Waals surface area contributed by atoms with E-state index < -0.39 is 5.60 Å². The normalized spacial score (nSPS) is 11.0. The Labute approximate surface area is 156 Å². The molecule has 2 rings (SSSR count). The lowest BCUT2D eigenvalue weighted by molar-refractivity contribution is 0.0279. The summed E-state index contributed by atoms with van der Waals surface area (Å²) in [6.07, 6.45) is 0.272. The topological polar surface area (TPSA) is 34.5 Å². The number of hydrogen-bond acceptors (Lipinski definition) is 2. The number of benzene rings is 1. The Balaban J connectivity index is 2.21. The highest BCUT2D eigenvalue weighted by atomic mass is 16.6. The third-order valence-electron chi connectivity index (χ3n) is 4.03. The minimum atomic E-state index is -0.535. The number of amides is 1. The van der Waals surface area contributed by atoms with Crippen LogP contribution in [0.15, 0.2) is 36.9 Å². The number of para-hydroxylation sites is 1. The fraction of sp³-hybridized carbons (Fsp3) is 0.409. The molecule has 0 aliphatic rings. The number of fused-ring (bicyclic) bond motifs is 1. The highest BCUT2D eigenvalue weighted by molar-refractivity contribution is 5.86. The van der Waals surface area contributed by atoms with Gasteiger partial charge in [-0.15, -0.1) is 11.8 Å². The van der Waals surface area contributed by atoms with Crippen LogP contribution in [0.5, 0.6) is 0 Å². The van der Waals surface area contributed by atoms with Crippen molar-refractivity contribution in [3.63, 3.8) is 0 Å². The summed E-state index contributed by atoms with van der Waals surface area (Å²) in [6.45, 7) is 12.5. The Kier molecular flexibility index (Phi) is 6.15. The van der Waals surface area contributed by atoms with Gasteiger partial charge in [-0.25, -0.2) is 4.79 Å². The molecular weight excluding hydrogens is 324 g/mol.